The van der Waals surface area contributed by atoms with Crippen molar-refractivity contribution in [3.63, 3.8) is 0 Å². The number of halogens is 1. The van der Waals surface area contributed by atoms with E-state index in [2.05, 4.69) is 22.9 Å². The molecule has 3 rings (SSSR count). The standard InChI is InChI=1S/C15H15FN2OS2/c1-19-11-4-2-3-9(15(11)16)7-10(18-17)13-8-14-12(21-13)5-6-20-14/h2-6,8,10,18H,7,17H2,1H3. The van der Waals surface area contributed by atoms with Crippen molar-refractivity contribution in [3.05, 3.63) is 52.0 Å². The Kier molecular flexibility index (Phi) is 4.21. The number of hydrogen-bond acceptors (Lipinski definition) is 5. The summed E-state index contributed by atoms with van der Waals surface area (Å²) in [4.78, 5) is 1.11. The van der Waals surface area contributed by atoms with Crippen molar-refractivity contribution in [1.29, 1.82) is 0 Å². The Morgan fingerprint density at radius 2 is 2.19 bits per heavy atom. The Morgan fingerprint density at radius 1 is 1.33 bits per heavy atom. The highest BCUT2D eigenvalue weighted by Gasteiger charge is 2.18. The quantitative estimate of drug-likeness (QED) is 0.554. The highest BCUT2D eigenvalue weighted by atomic mass is 32.1. The number of nitrogens with two attached hydrogens (primary N) is 1. The van der Waals surface area contributed by atoms with E-state index in [4.69, 9.17) is 10.6 Å². The molecule has 3 aromatic rings. The van der Waals surface area contributed by atoms with Gasteiger partial charge in [-0.3, -0.25) is 11.3 Å². The summed E-state index contributed by atoms with van der Waals surface area (Å²) in [6, 6.07) is 9.26. The molecule has 2 heterocycles. The fourth-order valence-electron chi connectivity index (χ4n) is 2.29. The molecule has 110 valence electrons. The zero-order chi connectivity index (χ0) is 14.8. The van der Waals surface area contributed by atoms with Crippen LogP contribution in [0.15, 0.2) is 35.7 Å². The lowest BCUT2D eigenvalue weighted by molar-refractivity contribution is 0.382. The monoisotopic (exact) mass is 322 g/mol. The largest absolute Gasteiger partial charge is 0.494 e. The van der Waals surface area contributed by atoms with Crippen LogP contribution in [0, 0.1) is 5.82 Å². The summed E-state index contributed by atoms with van der Waals surface area (Å²) in [7, 11) is 1.47. The van der Waals surface area contributed by atoms with Crippen molar-refractivity contribution in [2.45, 2.75) is 12.5 Å². The van der Waals surface area contributed by atoms with Crippen LogP contribution < -0.4 is 16.0 Å². The fourth-order valence-corrected chi connectivity index (χ4v) is 4.47. The molecule has 3 N–H and O–H groups in total. The van der Waals surface area contributed by atoms with Gasteiger partial charge in [0.2, 0.25) is 0 Å². The van der Waals surface area contributed by atoms with Gasteiger partial charge in [-0.15, -0.1) is 22.7 Å². The van der Waals surface area contributed by atoms with Crippen LogP contribution in [-0.4, -0.2) is 7.11 Å². The van der Waals surface area contributed by atoms with Crippen LogP contribution in [-0.2, 0) is 6.42 Å². The zero-order valence-corrected chi connectivity index (χ0v) is 13.1. The van der Waals surface area contributed by atoms with Crippen LogP contribution in [0.2, 0.25) is 0 Å². The normalized spacial score (nSPS) is 12.7. The minimum atomic E-state index is -0.321. The van der Waals surface area contributed by atoms with Gasteiger partial charge in [-0.05, 0) is 35.6 Å². The summed E-state index contributed by atoms with van der Waals surface area (Å²) in [5.41, 5.74) is 3.38. The van der Waals surface area contributed by atoms with Gasteiger partial charge in [0.15, 0.2) is 11.6 Å². The van der Waals surface area contributed by atoms with Crippen LogP contribution in [0.4, 0.5) is 4.39 Å². The first kappa shape index (κ1) is 14.5. The molecular weight excluding hydrogens is 307 g/mol. The Labute approximate surface area is 130 Å². The highest BCUT2D eigenvalue weighted by Crippen LogP contribution is 2.35. The minimum Gasteiger partial charge on any atom is -0.494 e. The van der Waals surface area contributed by atoms with E-state index in [9.17, 15) is 4.39 Å². The smallest absolute Gasteiger partial charge is 0.168 e. The second kappa shape index (κ2) is 6.11. The Hall–Kier alpha value is -1.47. The lowest BCUT2D eigenvalue weighted by Crippen LogP contribution is -2.29. The summed E-state index contributed by atoms with van der Waals surface area (Å²) < 4.78 is 21.7. The van der Waals surface area contributed by atoms with Gasteiger partial charge in [0.05, 0.1) is 13.2 Å². The maximum atomic E-state index is 14.2. The Bertz CT molecular complexity index is 725. The number of benzene rings is 1. The molecule has 0 bridgehead atoms. The second-order valence-corrected chi connectivity index (χ2v) is 6.72. The highest BCUT2D eigenvalue weighted by molar-refractivity contribution is 7.26. The van der Waals surface area contributed by atoms with Crippen LogP contribution in [0.5, 0.6) is 5.75 Å². The van der Waals surface area contributed by atoms with Gasteiger partial charge in [0.25, 0.3) is 0 Å². The van der Waals surface area contributed by atoms with E-state index >= 15 is 0 Å². The fraction of sp³-hybridized carbons (Fsp3) is 0.200. The van der Waals surface area contributed by atoms with Gasteiger partial charge in [-0.1, -0.05) is 12.1 Å². The maximum absolute atomic E-state index is 14.2. The van der Waals surface area contributed by atoms with Crippen molar-refractivity contribution in [3.8, 4) is 5.75 Å². The molecule has 0 saturated carbocycles. The van der Waals surface area contributed by atoms with E-state index in [1.165, 1.54) is 16.5 Å². The summed E-state index contributed by atoms with van der Waals surface area (Å²) in [5, 5.41) is 2.07. The molecule has 21 heavy (non-hydrogen) atoms. The summed E-state index contributed by atoms with van der Waals surface area (Å²) in [5.74, 6) is 5.61. The molecule has 0 aliphatic rings. The Balaban J connectivity index is 1.89. The van der Waals surface area contributed by atoms with E-state index < -0.39 is 0 Å². The van der Waals surface area contributed by atoms with Crippen molar-refractivity contribution >= 4 is 32.1 Å². The predicted molar refractivity (Wildman–Crippen MR) is 86.4 cm³/mol. The third-order valence-electron chi connectivity index (χ3n) is 3.39. The molecule has 0 saturated heterocycles. The molecule has 0 spiro atoms. The molecular formula is C15H15FN2OS2. The first-order chi connectivity index (χ1) is 10.2. The van der Waals surface area contributed by atoms with Gasteiger partial charge in [0, 0.05) is 14.3 Å². The van der Waals surface area contributed by atoms with E-state index in [0.29, 0.717) is 12.0 Å². The number of hydrazine groups is 1. The molecule has 2 aromatic heterocycles. The first-order valence-electron chi connectivity index (χ1n) is 6.47. The van der Waals surface area contributed by atoms with Crippen LogP contribution in [0.1, 0.15) is 16.5 Å². The molecule has 0 amide bonds. The van der Waals surface area contributed by atoms with Gasteiger partial charge >= 0.3 is 0 Å². The second-order valence-electron chi connectivity index (χ2n) is 4.65. The number of thiophene rings is 2. The third-order valence-corrected chi connectivity index (χ3v) is 5.60. The molecule has 1 aromatic carbocycles. The van der Waals surface area contributed by atoms with Gasteiger partial charge in [0.1, 0.15) is 0 Å². The number of rotatable bonds is 5. The SMILES string of the molecule is COc1cccc(CC(NN)c2cc3sccc3s2)c1F. The maximum Gasteiger partial charge on any atom is 0.168 e. The average Bonchev–Trinajstić information content (AvgIpc) is 3.07. The number of ether oxygens (including phenoxy) is 1. The van der Waals surface area contributed by atoms with Gasteiger partial charge in [-0.2, -0.15) is 0 Å². The van der Waals surface area contributed by atoms with Crippen LogP contribution in [0.3, 0.4) is 0 Å². The minimum absolute atomic E-state index is 0.115. The average molecular weight is 322 g/mol. The van der Waals surface area contributed by atoms with E-state index in [1.54, 1.807) is 40.9 Å². The summed E-state index contributed by atoms with van der Waals surface area (Å²) in [6.07, 6.45) is 0.479. The molecule has 0 fully saturated rings. The summed E-state index contributed by atoms with van der Waals surface area (Å²) in [6.45, 7) is 0. The lowest BCUT2D eigenvalue weighted by Gasteiger charge is -2.15. The van der Waals surface area contributed by atoms with Crippen molar-refractivity contribution in [2.75, 3.05) is 7.11 Å². The van der Waals surface area contributed by atoms with E-state index in [0.717, 1.165) is 4.88 Å². The number of hydrogen-bond donors (Lipinski definition) is 2. The topological polar surface area (TPSA) is 47.3 Å². The molecule has 3 nitrogen and oxygen atoms in total. The van der Waals surface area contributed by atoms with Crippen molar-refractivity contribution in [1.82, 2.24) is 5.43 Å². The van der Waals surface area contributed by atoms with Gasteiger partial charge < -0.3 is 4.74 Å². The predicted octanol–water partition coefficient (Wildman–Crippen LogP) is 3.86. The summed E-state index contributed by atoms with van der Waals surface area (Å²) >= 11 is 3.39. The van der Waals surface area contributed by atoms with E-state index in [-0.39, 0.29) is 17.6 Å². The number of nitrogens with one attached hydrogen (secondary N) is 1. The molecule has 0 aliphatic carbocycles. The van der Waals surface area contributed by atoms with Crippen LogP contribution in [0.25, 0.3) is 9.40 Å². The molecule has 6 heteroatoms. The number of fused-ring (bicyclic) bond motifs is 1. The molecule has 1 atom stereocenters. The molecule has 0 aliphatic heterocycles. The zero-order valence-electron chi connectivity index (χ0n) is 11.4. The van der Waals surface area contributed by atoms with Crippen molar-refractivity contribution in [2.24, 2.45) is 5.84 Å². The Morgan fingerprint density at radius 3 is 2.90 bits per heavy atom. The third kappa shape index (κ3) is 2.80. The molecule has 1 unspecified atom stereocenters. The van der Waals surface area contributed by atoms with Gasteiger partial charge in [-0.25, -0.2) is 4.39 Å². The first-order valence-corrected chi connectivity index (χ1v) is 8.17. The molecule has 0 radical (unpaired) electrons. The van der Waals surface area contributed by atoms with Crippen LogP contribution >= 0.6 is 22.7 Å². The van der Waals surface area contributed by atoms with E-state index in [1.807, 2.05) is 0 Å². The van der Waals surface area contributed by atoms with Crippen molar-refractivity contribution < 1.29 is 9.13 Å². The lowest BCUT2D eigenvalue weighted by atomic mass is 10.0. The number of methoxy groups -OCH3 is 1.